The van der Waals surface area contributed by atoms with Crippen molar-refractivity contribution in [2.24, 2.45) is 17.6 Å². The van der Waals surface area contributed by atoms with E-state index < -0.39 is 0 Å². The highest BCUT2D eigenvalue weighted by Crippen LogP contribution is 2.27. The highest BCUT2D eigenvalue weighted by atomic mass is 16.5. The second-order valence-electron chi connectivity index (χ2n) is 5.31. The van der Waals surface area contributed by atoms with Crippen molar-refractivity contribution in [3.05, 3.63) is 0 Å². The van der Waals surface area contributed by atoms with Gasteiger partial charge in [-0.25, -0.2) is 0 Å². The SMILES string of the molecule is COCC1CCN(CC2CCC(N)C2)C1. The number of methoxy groups -OCH3 is 1. The minimum Gasteiger partial charge on any atom is -0.384 e. The van der Waals surface area contributed by atoms with Gasteiger partial charge in [0, 0.05) is 26.2 Å². The average Bonchev–Trinajstić information content (AvgIpc) is 2.78. The Morgan fingerprint density at radius 3 is 2.80 bits per heavy atom. The Kier molecular flexibility index (Phi) is 4.00. The topological polar surface area (TPSA) is 38.5 Å². The predicted molar refractivity (Wildman–Crippen MR) is 61.7 cm³/mol. The molecule has 1 saturated carbocycles. The average molecular weight is 212 g/mol. The van der Waals surface area contributed by atoms with Crippen molar-refractivity contribution in [3.8, 4) is 0 Å². The molecule has 3 unspecified atom stereocenters. The molecular weight excluding hydrogens is 188 g/mol. The summed E-state index contributed by atoms with van der Waals surface area (Å²) in [7, 11) is 1.80. The number of likely N-dealkylation sites (tertiary alicyclic amines) is 1. The summed E-state index contributed by atoms with van der Waals surface area (Å²) in [4.78, 5) is 2.60. The Morgan fingerprint density at radius 1 is 1.27 bits per heavy atom. The van der Waals surface area contributed by atoms with Crippen LogP contribution in [0, 0.1) is 11.8 Å². The van der Waals surface area contributed by atoms with Crippen LogP contribution in [0.5, 0.6) is 0 Å². The fourth-order valence-electron chi connectivity index (χ4n) is 3.10. The largest absolute Gasteiger partial charge is 0.384 e. The van der Waals surface area contributed by atoms with Gasteiger partial charge in [-0.05, 0) is 44.1 Å². The van der Waals surface area contributed by atoms with Crippen molar-refractivity contribution >= 4 is 0 Å². The first-order valence-corrected chi connectivity index (χ1v) is 6.24. The van der Waals surface area contributed by atoms with Gasteiger partial charge in [-0.2, -0.15) is 0 Å². The molecule has 0 radical (unpaired) electrons. The summed E-state index contributed by atoms with van der Waals surface area (Å²) in [5, 5.41) is 0. The van der Waals surface area contributed by atoms with Crippen molar-refractivity contribution < 1.29 is 4.74 Å². The van der Waals surface area contributed by atoms with Gasteiger partial charge in [0.2, 0.25) is 0 Å². The van der Waals surface area contributed by atoms with Gasteiger partial charge in [-0.15, -0.1) is 0 Å². The van der Waals surface area contributed by atoms with Crippen molar-refractivity contribution in [1.82, 2.24) is 4.90 Å². The molecule has 0 spiro atoms. The van der Waals surface area contributed by atoms with Crippen LogP contribution in [0.25, 0.3) is 0 Å². The molecule has 1 heterocycles. The molecule has 1 saturated heterocycles. The molecule has 0 aromatic carbocycles. The van der Waals surface area contributed by atoms with Crippen LogP contribution in [-0.4, -0.2) is 44.3 Å². The van der Waals surface area contributed by atoms with E-state index in [0.29, 0.717) is 6.04 Å². The Morgan fingerprint density at radius 2 is 2.13 bits per heavy atom. The van der Waals surface area contributed by atoms with Gasteiger partial charge in [0.15, 0.2) is 0 Å². The van der Waals surface area contributed by atoms with Crippen molar-refractivity contribution in [1.29, 1.82) is 0 Å². The summed E-state index contributed by atoms with van der Waals surface area (Å²) in [6.45, 7) is 4.70. The molecule has 15 heavy (non-hydrogen) atoms. The molecular formula is C12H24N2O. The van der Waals surface area contributed by atoms with Gasteiger partial charge >= 0.3 is 0 Å². The van der Waals surface area contributed by atoms with Crippen LogP contribution in [0.1, 0.15) is 25.7 Å². The standard InChI is InChI=1S/C12H24N2O/c1-15-9-11-4-5-14(8-11)7-10-2-3-12(13)6-10/h10-12H,2-9,13H2,1H3. The van der Waals surface area contributed by atoms with Crippen LogP contribution in [0.2, 0.25) is 0 Å². The molecule has 0 aromatic heterocycles. The highest BCUT2D eigenvalue weighted by Gasteiger charge is 2.27. The van der Waals surface area contributed by atoms with E-state index in [9.17, 15) is 0 Å². The first kappa shape index (κ1) is 11.4. The number of rotatable bonds is 4. The molecule has 0 aromatic rings. The fraction of sp³-hybridized carbons (Fsp3) is 1.00. The third kappa shape index (κ3) is 3.16. The summed E-state index contributed by atoms with van der Waals surface area (Å²) in [5.41, 5.74) is 5.94. The summed E-state index contributed by atoms with van der Waals surface area (Å²) in [6.07, 6.45) is 5.13. The molecule has 1 aliphatic carbocycles. The molecule has 2 rings (SSSR count). The van der Waals surface area contributed by atoms with Gasteiger partial charge in [0.1, 0.15) is 0 Å². The second kappa shape index (κ2) is 5.28. The Hall–Kier alpha value is -0.120. The number of hydrogen-bond donors (Lipinski definition) is 1. The Labute approximate surface area is 93.0 Å². The van der Waals surface area contributed by atoms with Gasteiger partial charge in [0.25, 0.3) is 0 Å². The molecule has 2 fully saturated rings. The van der Waals surface area contributed by atoms with Crippen molar-refractivity contribution in [2.75, 3.05) is 33.4 Å². The molecule has 3 heteroatoms. The minimum absolute atomic E-state index is 0.479. The minimum atomic E-state index is 0.479. The Balaban J connectivity index is 1.68. The van der Waals surface area contributed by atoms with E-state index >= 15 is 0 Å². The van der Waals surface area contributed by atoms with Crippen molar-refractivity contribution in [2.45, 2.75) is 31.7 Å². The first-order valence-electron chi connectivity index (χ1n) is 6.24. The number of ether oxygens (including phenoxy) is 1. The summed E-state index contributed by atoms with van der Waals surface area (Å²) < 4.78 is 5.21. The van der Waals surface area contributed by atoms with E-state index in [0.717, 1.165) is 18.4 Å². The predicted octanol–water partition coefficient (Wildman–Crippen LogP) is 1.08. The maximum atomic E-state index is 5.94. The summed E-state index contributed by atoms with van der Waals surface area (Å²) in [5.74, 6) is 1.63. The lowest BCUT2D eigenvalue weighted by Gasteiger charge is -2.20. The zero-order valence-corrected chi connectivity index (χ0v) is 9.82. The molecule has 3 nitrogen and oxygen atoms in total. The second-order valence-corrected chi connectivity index (χ2v) is 5.31. The van der Waals surface area contributed by atoms with E-state index in [1.54, 1.807) is 7.11 Å². The molecule has 2 N–H and O–H groups in total. The lowest BCUT2D eigenvalue weighted by Crippen LogP contribution is -2.28. The Bertz CT molecular complexity index is 198. The highest BCUT2D eigenvalue weighted by molar-refractivity contribution is 4.83. The summed E-state index contributed by atoms with van der Waals surface area (Å²) in [6, 6.07) is 0.479. The third-order valence-corrected chi connectivity index (χ3v) is 3.87. The molecule has 0 bridgehead atoms. The molecule has 2 aliphatic rings. The quantitative estimate of drug-likeness (QED) is 0.758. The number of hydrogen-bond acceptors (Lipinski definition) is 3. The van der Waals surface area contributed by atoms with Gasteiger partial charge in [-0.1, -0.05) is 0 Å². The van der Waals surface area contributed by atoms with Crippen LogP contribution in [0.15, 0.2) is 0 Å². The maximum Gasteiger partial charge on any atom is 0.0503 e. The van der Waals surface area contributed by atoms with Crippen LogP contribution in [0.3, 0.4) is 0 Å². The number of nitrogens with two attached hydrogens (primary N) is 1. The zero-order valence-electron chi connectivity index (χ0n) is 9.82. The van der Waals surface area contributed by atoms with E-state index in [-0.39, 0.29) is 0 Å². The lowest BCUT2D eigenvalue weighted by molar-refractivity contribution is 0.151. The van der Waals surface area contributed by atoms with E-state index in [1.165, 1.54) is 45.3 Å². The van der Waals surface area contributed by atoms with Gasteiger partial charge in [-0.3, -0.25) is 0 Å². The van der Waals surface area contributed by atoms with Crippen LogP contribution < -0.4 is 5.73 Å². The molecule has 0 amide bonds. The smallest absolute Gasteiger partial charge is 0.0503 e. The molecule has 3 atom stereocenters. The maximum absolute atomic E-state index is 5.94. The monoisotopic (exact) mass is 212 g/mol. The lowest BCUT2D eigenvalue weighted by atomic mass is 10.1. The van der Waals surface area contributed by atoms with E-state index in [1.807, 2.05) is 0 Å². The summed E-state index contributed by atoms with van der Waals surface area (Å²) >= 11 is 0. The fourth-order valence-corrected chi connectivity index (χ4v) is 3.10. The third-order valence-electron chi connectivity index (χ3n) is 3.87. The van der Waals surface area contributed by atoms with Crippen molar-refractivity contribution in [3.63, 3.8) is 0 Å². The van der Waals surface area contributed by atoms with Crippen LogP contribution >= 0.6 is 0 Å². The first-order chi connectivity index (χ1) is 7.28. The van der Waals surface area contributed by atoms with Crippen LogP contribution in [0.4, 0.5) is 0 Å². The van der Waals surface area contributed by atoms with Gasteiger partial charge in [0.05, 0.1) is 6.61 Å². The normalized spacial score (nSPS) is 37.6. The van der Waals surface area contributed by atoms with Crippen LogP contribution in [-0.2, 0) is 4.74 Å². The molecule has 88 valence electrons. The number of nitrogens with zero attached hydrogens (tertiary/aromatic N) is 1. The van der Waals surface area contributed by atoms with E-state index in [4.69, 9.17) is 10.5 Å². The molecule has 1 aliphatic heterocycles. The zero-order chi connectivity index (χ0) is 10.7. The van der Waals surface area contributed by atoms with Gasteiger partial charge < -0.3 is 15.4 Å². The van der Waals surface area contributed by atoms with E-state index in [2.05, 4.69) is 4.90 Å².